The average Bonchev–Trinajstić information content (AvgIpc) is 3.32. The Kier molecular flexibility index (Phi) is 3.85. The van der Waals surface area contributed by atoms with Gasteiger partial charge in [-0.25, -0.2) is 0 Å². The average molecular weight is 377 g/mol. The van der Waals surface area contributed by atoms with Gasteiger partial charge in [0.25, 0.3) is 5.69 Å². The lowest BCUT2D eigenvalue weighted by atomic mass is 10.1. The lowest BCUT2D eigenvalue weighted by Crippen LogP contribution is -2.42. The largest absolute Gasteiger partial charge is 0.594 e. The van der Waals surface area contributed by atoms with Crippen LogP contribution < -0.4 is 16.0 Å². The first-order valence-corrected chi connectivity index (χ1v) is 9.42. The van der Waals surface area contributed by atoms with Crippen LogP contribution in [-0.4, -0.2) is 19.2 Å². The summed E-state index contributed by atoms with van der Waals surface area (Å²) < 4.78 is 2.89. The molecule has 2 unspecified atom stereocenters. The summed E-state index contributed by atoms with van der Waals surface area (Å²) in [4.78, 5) is 29.6. The number of aromatic nitrogens is 5. The first-order chi connectivity index (χ1) is 13.6. The van der Waals surface area contributed by atoms with Crippen LogP contribution in [0.2, 0.25) is 0 Å². The second-order valence-electron chi connectivity index (χ2n) is 7.65. The van der Waals surface area contributed by atoms with E-state index in [0.29, 0.717) is 21.8 Å². The molecule has 8 nitrogen and oxygen atoms in total. The van der Waals surface area contributed by atoms with E-state index in [4.69, 9.17) is 0 Å². The van der Waals surface area contributed by atoms with E-state index in [2.05, 4.69) is 10.1 Å². The molecule has 3 aromatic rings. The maximum Gasteiger partial charge on any atom is 0.316 e. The minimum Gasteiger partial charge on any atom is -0.594 e. The summed E-state index contributed by atoms with van der Waals surface area (Å²) in [5, 5.41) is 16.3. The van der Waals surface area contributed by atoms with Crippen LogP contribution in [-0.2, 0) is 6.54 Å². The summed E-state index contributed by atoms with van der Waals surface area (Å²) >= 11 is 0. The highest BCUT2D eigenvalue weighted by Crippen LogP contribution is 2.55. The zero-order valence-electron chi connectivity index (χ0n) is 15.1. The van der Waals surface area contributed by atoms with Gasteiger partial charge in [-0.1, -0.05) is 0 Å². The Morgan fingerprint density at radius 3 is 2.61 bits per heavy atom. The van der Waals surface area contributed by atoms with Gasteiger partial charge in [-0.2, -0.15) is 0 Å². The monoisotopic (exact) mass is 377 g/mol. The van der Waals surface area contributed by atoms with Crippen LogP contribution in [0.15, 0.2) is 58.6 Å². The van der Waals surface area contributed by atoms with E-state index in [1.807, 2.05) is 0 Å². The Morgan fingerprint density at radius 1 is 1.07 bits per heavy atom. The minimum atomic E-state index is -0.585. The Hall–Kier alpha value is -3.29. The van der Waals surface area contributed by atoms with Crippen molar-refractivity contribution in [3.05, 3.63) is 80.7 Å². The third-order valence-corrected chi connectivity index (χ3v) is 5.85. The highest BCUT2D eigenvalue weighted by molar-refractivity contribution is 5.53. The lowest BCUT2D eigenvalue weighted by molar-refractivity contribution is -0.659. The van der Waals surface area contributed by atoms with Gasteiger partial charge in [0.2, 0.25) is 0 Å². The Balaban J connectivity index is 1.40. The molecule has 5 rings (SSSR count). The number of nitrogens with zero attached hydrogens (tertiary/aromatic N) is 5. The van der Waals surface area contributed by atoms with E-state index in [1.54, 1.807) is 53.6 Å². The van der Waals surface area contributed by atoms with E-state index < -0.39 is 11.1 Å². The first-order valence-electron chi connectivity index (χ1n) is 9.42. The zero-order valence-corrected chi connectivity index (χ0v) is 15.1. The molecule has 2 fully saturated rings. The molecule has 0 N–H and O–H groups in total. The summed E-state index contributed by atoms with van der Waals surface area (Å²) in [6, 6.07) is 6.97. The van der Waals surface area contributed by atoms with E-state index in [1.165, 1.54) is 11.0 Å². The predicted octanol–water partition coefficient (Wildman–Crippen LogP) is 1.12. The molecule has 2 aliphatic carbocycles. The van der Waals surface area contributed by atoms with Crippen molar-refractivity contribution in [1.29, 1.82) is 0 Å². The standard InChI is InChI=1S/C20H19N5O3/c26-19-20(27)24(17-9-14-8-15(14)10-17)7-6-23(19)12-16-3-4-18(25(28)22-16)13-2-1-5-21-11-13/h1-7,11,14-15,17H,8-10,12H2. The molecule has 0 aliphatic heterocycles. The number of hydrogen-bond donors (Lipinski definition) is 0. The maximum atomic E-state index is 12.5. The van der Waals surface area contributed by atoms with Gasteiger partial charge in [0.15, 0.2) is 0 Å². The number of hydrogen-bond acceptors (Lipinski definition) is 5. The van der Waals surface area contributed by atoms with Crippen LogP contribution in [0.3, 0.4) is 0 Å². The summed E-state index contributed by atoms with van der Waals surface area (Å²) in [5.74, 6) is 1.46. The topological polar surface area (TPSA) is 96.7 Å². The van der Waals surface area contributed by atoms with Crippen molar-refractivity contribution in [2.24, 2.45) is 11.8 Å². The lowest BCUT2D eigenvalue weighted by Gasteiger charge is -2.16. The first kappa shape index (κ1) is 16.9. The van der Waals surface area contributed by atoms with Crippen molar-refractivity contribution in [3.63, 3.8) is 0 Å². The number of pyridine rings is 1. The Morgan fingerprint density at radius 2 is 1.89 bits per heavy atom. The van der Waals surface area contributed by atoms with E-state index >= 15 is 0 Å². The fourth-order valence-electron chi connectivity index (χ4n) is 4.27. The zero-order chi connectivity index (χ0) is 19.3. The van der Waals surface area contributed by atoms with Crippen molar-refractivity contribution in [1.82, 2.24) is 19.2 Å². The molecule has 2 saturated carbocycles. The molecule has 0 bridgehead atoms. The van der Waals surface area contributed by atoms with Gasteiger partial charge in [0.1, 0.15) is 5.69 Å². The van der Waals surface area contributed by atoms with Crippen LogP contribution in [0.4, 0.5) is 0 Å². The highest BCUT2D eigenvalue weighted by atomic mass is 16.5. The maximum absolute atomic E-state index is 12.5. The molecule has 0 amide bonds. The molecule has 142 valence electrons. The normalized spacial score (nSPS) is 22.8. The molecule has 8 heteroatoms. The second kappa shape index (κ2) is 6.40. The van der Waals surface area contributed by atoms with Gasteiger partial charge in [-0.15, -0.1) is 0 Å². The Labute approximate surface area is 160 Å². The van der Waals surface area contributed by atoms with E-state index in [-0.39, 0.29) is 12.6 Å². The summed E-state index contributed by atoms with van der Waals surface area (Å²) in [7, 11) is 0. The van der Waals surface area contributed by atoms with Crippen LogP contribution >= 0.6 is 0 Å². The van der Waals surface area contributed by atoms with Gasteiger partial charge < -0.3 is 14.3 Å². The van der Waals surface area contributed by atoms with Crippen LogP contribution in [0.1, 0.15) is 31.0 Å². The van der Waals surface area contributed by atoms with Crippen molar-refractivity contribution in [2.75, 3.05) is 0 Å². The third-order valence-electron chi connectivity index (χ3n) is 5.85. The smallest absolute Gasteiger partial charge is 0.316 e. The summed E-state index contributed by atoms with van der Waals surface area (Å²) in [5.41, 5.74) is 0.351. The fourth-order valence-corrected chi connectivity index (χ4v) is 4.27. The molecular formula is C20H19N5O3. The van der Waals surface area contributed by atoms with Gasteiger partial charge >= 0.3 is 11.1 Å². The van der Waals surface area contributed by atoms with Crippen molar-refractivity contribution in [3.8, 4) is 11.3 Å². The Bertz CT molecular complexity index is 1140. The summed E-state index contributed by atoms with van der Waals surface area (Å²) in [6.07, 6.45) is 9.75. The molecule has 2 aliphatic rings. The molecule has 3 heterocycles. The van der Waals surface area contributed by atoms with Crippen LogP contribution in [0.5, 0.6) is 0 Å². The fraction of sp³-hybridized carbons (Fsp3) is 0.350. The van der Waals surface area contributed by atoms with Crippen molar-refractivity contribution >= 4 is 0 Å². The van der Waals surface area contributed by atoms with Gasteiger partial charge in [-0.05, 0) is 54.1 Å². The summed E-state index contributed by atoms with van der Waals surface area (Å²) in [6.45, 7) is 0.0698. The van der Waals surface area contributed by atoms with Crippen molar-refractivity contribution < 1.29 is 4.85 Å². The van der Waals surface area contributed by atoms with E-state index in [0.717, 1.165) is 24.7 Å². The SMILES string of the molecule is O=c1c(=O)n(C2CC3CC3C2)ccn1Cc1ccc(-c2cccnc2)[n+]([O-])n1. The molecule has 0 radical (unpaired) electrons. The quantitative estimate of drug-likeness (QED) is 0.386. The molecule has 3 aromatic heterocycles. The number of rotatable bonds is 4. The second-order valence-corrected chi connectivity index (χ2v) is 7.65. The number of fused-ring (bicyclic) bond motifs is 1. The molecular weight excluding hydrogens is 358 g/mol. The molecule has 28 heavy (non-hydrogen) atoms. The minimum absolute atomic E-state index is 0.0698. The molecule has 0 saturated heterocycles. The van der Waals surface area contributed by atoms with Gasteiger partial charge in [0, 0.05) is 42.0 Å². The molecule has 2 atom stereocenters. The van der Waals surface area contributed by atoms with Crippen molar-refractivity contribution in [2.45, 2.75) is 31.8 Å². The van der Waals surface area contributed by atoms with Gasteiger partial charge in [-0.3, -0.25) is 14.6 Å². The molecule has 0 spiro atoms. The van der Waals surface area contributed by atoms with Crippen LogP contribution in [0, 0.1) is 17.0 Å². The third kappa shape index (κ3) is 2.90. The molecule has 0 aromatic carbocycles. The van der Waals surface area contributed by atoms with Crippen LogP contribution in [0.25, 0.3) is 11.3 Å². The predicted molar refractivity (Wildman–Crippen MR) is 100 cm³/mol. The highest BCUT2D eigenvalue weighted by Gasteiger charge is 2.46. The van der Waals surface area contributed by atoms with Gasteiger partial charge in [0.05, 0.1) is 12.1 Å². The van der Waals surface area contributed by atoms with E-state index in [9.17, 15) is 14.8 Å².